The van der Waals surface area contributed by atoms with Gasteiger partial charge in [-0.1, -0.05) is 305 Å². The van der Waals surface area contributed by atoms with Crippen LogP contribution in [0.25, 0.3) is 0 Å². The van der Waals surface area contributed by atoms with Crippen LogP contribution in [-0.4, -0.2) is 96.7 Å². The standard InChI is InChI=1S/C70H136O17P2/c1-7-9-11-13-15-17-19-21-22-24-30-36-43-49-55-70(75)86-65(58-80-67(72)52-46-40-34-28-26-25-27-32-38-44-50-62(3)4)60-84-88(76,77)82-56-64(71)57-83-89(78,79)85-61-66(59-81-68(73)53-47-41-37-31-33-39-45-51-63(5)6)87-69(74)54-48-42-35-29-23-20-18-16-14-12-10-8-2/h62-66,71H,7-61H2,1-6H3,(H,76,77)(H,78,79)/t64-,65-,66-/m1/s1. The van der Waals surface area contributed by atoms with Crippen molar-refractivity contribution in [2.75, 3.05) is 39.6 Å². The number of phosphoric ester groups is 2. The summed E-state index contributed by atoms with van der Waals surface area (Å²) in [6, 6.07) is 0. The van der Waals surface area contributed by atoms with Crippen LogP contribution >= 0.6 is 15.6 Å². The Labute approximate surface area is 543 Å². The van der Waals surface area contributed by atoms with E-state index in [-0.39, 0.29) is 25.7 Å². The summed E-state index contributed by atoms with van der Waals surface area (Å²) in [5, 5.41) is 10.6. The highest BCUT2D eigenvalue weighted by molar-refractivity contribution is 7.47. The van der Waals surface area contributed by atoms with Crippen molar-refractivity contribution in [3.63, 3.8) is 0 Å². The first-order valence-electron chi connectivity index (χ1n) is 36.5. The molecular weight excluding hydrogens is 1170 g/mol. The second-order valence-electron chi connectivity index (χ2n) is 26.2. The van der Waals surface area contributed by atoms with Gasteiger partial charge in [-0.15, -0.1) is 0 Å². The normalized spacial score (nSPS) is 14.1. The van der Waals surface area contributed by atoms with Crippen molar-refractivity contribution in [3.8, 4) is 0 Å². The molecule has 0 radical (unpaired) electrons. The zero-order chi connectivity index (χ0) is 65.7. The minimum Gasteiger partial charge on any atom is -0.462 e. The molecule has 0 aliphatic heterocycles. The monoisotopic (exact) mass is 1310 g/mol. The Morgan fingerprint density at radius 1 is 0.303 bits per heavy atom. The topological polar surface area (TPSA) is 237 Å². The number of ether oxygens (including phenoxy) is 4. The second-order valence-corrected chi connectivity index (χ2v) is 29.1. The lowest BCUT2D eigenvalue weighted by atomic mass is 10.0. The number of aliphatic hydroxyl groups is 1. The minimum absolute atomic E-state index is 0.106. The predicted octanol–water partition coefficient (Wildman–Crippen LogP) is 20.0. The van der Waals surface area contributed by atoms with E-state index in [9.17, 15) is 43.2 Å². The maximum atomic E-state index is 13.0. The highest BCUT2D eigenvalue weighted by atomic mass is 31.2. The third kappa shape index (κ3) is 64.6. The van der Waals surface area contributed by atoms with Gasteiger partial charge < -0.3 is 33.8 Å². The molecule has 0 aromatic heterocycles. The van der Waals surface area contributed by atoms with Gasteiger partial charge in [-0.3, -0.25) is 37.3 Å². The van der Waals surface area contributed by atoms with Crippen molar-refractivity contribution >= 4 is 39.5 Å². The Morgan fingerprint density at radius 3 is 0.764 bits per heavy atom. The molecule has 0 fully saturated rings. The van der Waals surface area contributed by atoms with E-state index in [1.54, 1.807) is 0 Å². The van der Waals surface area contributed by atoms with Gasteiger partial charge in [0.1, 0.15) is 19.3 Å². The summed E-state index contributed by atoms with van der Waals surface area (Å²) in [5.41, 5.74) is 0. The molecule has 0 aliphatic rings. The Balaban J connectivity index is 5.25. The lowest BCUT2D eigenvalue weighted by Crippen LogP contribution is -2.30. The van der Waals surface area contributed by atoms with Gasteiger partial charge in [-0.2, -0.15) is 0 Å². The smallest absolute Gasteiger partial charge is 0.462 e. The van der Waals surface area contributed by atoms with E-state index in [0.717, 1.165) is 102 Å². The summed E-state index contributed by atoms with van der Waals surface area (Å²) in [5.74, 6) is -0.659. The summed E-state index contributed by atoms with van der Waals surface area (Å²) in [6.45, 7) is 9.49. The molecule has 0 heterocycles. The zero-order valence-corrected chi connectivity index (χ0v) is 59.5. The third-order valence-corrected chi connectivity index (χ3v) is 18.1. The number of carbonyl (C=O) groups is 4. The van der Waals surface area contributed by atoms with E-state index in [4.69, 9.17) is 37.0 Å². The van der Waals surface area contributed by atoms with Gasteiger partial charge in [0, 0.05) is 25.7 Å². The molecule has 89 heavy (non-hydrogen) atoms. The molecular formula is C70H136O17P2. The second kappa shape index (κ2) is 62.2. The molecule has 528 valence electrons. The minimum atomic E-state index is -4.95. The van der Waals surface area contributed by atoms with Crippen molar-refractivity contribution in [2.24, 2.45) is 11.8 Å². The van der Waals surface area contributed by atoms with Crippen LogP contribution in [0.15, 0.2) is 0 Å². The molecule has 0 aromatic rings. The van der Waals surface area contributed by atoms with Crippen LogP contribution in [0.4, 0.5) is 0 Å². The number of rotatable bonds is 69. The molecule has 17 nitrogen and oxygen atoms in total. The number of carbonyl (C=O) groups excluding carboxylic acids is 4. The fourth-order valence-electron chi connectivity index (χ4n) is 10.6. The molecule has 0 aliphatic carbocycles. The van der Waals surface area contributed by atoms with Gasteiger partial charge in [0.25, 0.3) is 0 Å². The Bertz CT molecular complexity index is 1730. The maximum Gasteiger partial charge on any atom is 0.472 e. The van der Waals surface area contributed by atoms with Crippen LogP contribution in [0.1, 0.15) is 356 Å². The van der Waals surface area contributed by atoms with Crippen LogP contribution in [0.3, 0.4) is 0 Å². The molecule has 0 aromatic carbocycles. The molecule has 0 amide bonds. The first-order chi connectivity index (χ1) is 42.9. The highest BCUT2D eigenvalue weighted by Crippen LogP contribution is 2.45. The number of aliphatic hydroxyl groups excluding tert-OH is 1. The van der Waals surface area contributed by atoms with E-state index >= 15 is 0 Å². The Kier molecular flexibility index (Phi) is 60.8. The molecule has 0 saturated heterocycles. The van der Waals surface area contributed by atoms with Crippen molar-refractivity contribution in [1.82, 2.24) is 0 Å². The van der Waals surface area contributed by atoms with E-state index in [1.807, 2.05) is 0 Å². The number of phosphoric acid groups is 2. The van der Waals surface area contributed by atoms with Gasteiger partial charge in [0.2, 0.25) is 0 Å². The van der Waals surface area contributed by atoms with E-state index in [2.05, 4.69) is 41.5 Å². The van der Waals surface area contributed by atoms with Gasteiger partial charge >= 0.3 is 39.5 Å². The average Bonchev–Trinajstić information content (AvgIpc) is 3.69. The van der Waals surface area contributed by atoms with E-state index < -0.39 is 97.5 Å². The van der Waals surface area contributed by atoms with Gasteiger partial charge in [-0.05, 0) is 37.5 Å². The molecule has 0 bridgehead atoms. The van der Waals surface area contributed by atoms with Crippen LogP contribution in [0, 0.1) is 11.8 Å². The van der Waals surface area contributed by atoms with Crippen molar-refractivity contribution in [1.29, 1.82) is 0 Å². The summed E-state index contributed by atoms with van der Waals surface area (Å²) in [7, 11) is -9.90. The van der Waals surface area contributed by atoms with Crippen LogP contribution in [0.5, 0.6) is 0 Å². The fraction of sp³-hybridized carbons (Fsp3) is 0.943. The Morgan fingerprint density at radius 2 is 0.517 bits per heavy atom. The van der Waals surface area contributed by atoms with E-state index in [0.29, 0.717) is 31.6 Å². The first-order valence-corrected chi connectivity index (χ1v) is 39.5. The highest BCUT2D eigenvalue weighted by Gasteiger charge is 2.30. The third-order valence-electron chi connectivity index (χ3n) is 16.2. The molecule has 0 saturated carbocycles. The molecule has 5 atom stereocenters. The Hall–Kier alpha value is -1.94. The van der Waals surface area contributed by atoms with Crippen molar-refractivity contribution < 1.29 is 80.2 Å². The molecule has 3 N–H and O–H groups in total. The summed E-state index contributed by atoms with van der Waals surface area (Å²) >= 11 is 0. The van der Waals surface area contributed by atoms with Crippen LogP contribution in [0.2, 0.25) is 0 Å². The number of esters is 4. The zero-order valence-electron chi connectivity index (χ0n) is 57.7. The summed E-state index contributed by atoms with van der Waals surface area (Å²) in [4.78, 5) is 72.5. The molecule has 19 heteroatoms. The van der Waals surface area contributed by atoms with Crippen LogP contribution < -0.4 is 0 Å². The first kappa shape index (κ1) is 87.1. The quantitative estimate of drug-likeness (QED) is 0.0222. The van der Waals surface area contributed by atoms with Gasteiger partial charge in [-0.25, -0.2) is 9.13 Å². The largest absolute Gasteiger partial charge is 0.472 e. The molecule has 0 spiro atoms. The maximum absolute atomic E-state index is 13.0. The van der Waals surface area contributed by atoms with Crippen molar-refractivity contribution in [2.45, 2.75) is 374 Å². The van der Waals surface area contributed by atoms with Crippen LogP contribution in [-0.2, 0) is 65.4 Å². The average molecular weight is 1310 g/mol. The van der Waals surface area contributed by atoms with Gasteiger partial charge in [0.05, 0.1) is 26.4 Å². The molecule has 2 unspecified atom stereocenters. The number of hydrogen-bond donors (Lipinski definition) is 3. The summed E-state index contributed by atoms with van der Waals surface area (Å²) in [6.07, 6.45) is 47.1. The van der Waals surface area contributed by atoms with Crippen molar-refractivity contribution in [3.05, 3.63) is 0 Å². The SMILES string of the molecule is CCCCCCCCCCCCCCCCC(=O)O[C@H](COC(=O)CCCCCCCCCCCCC(C)C)COP(=O)(O)OC[C@@H](O)COP(=O)(O)OC[C@@H](COC(=O)CCCCCCCCCC(C)C)OC(=O)CCCCCCCCCCCCCC. The predicted molar refractivity (Wildman–Crippen MR) is 358 cm³/mol. The fourth-order valence-corrected chi connectivity index (χ4v) is 12.2. The number of unbranched alkanes of at least 4 members (excludes halogenated alkanes) is 39. The number of hydrogen-bond acceptors (Lipinski definition) is 15. The molecule has 0 rings (SSSR count). The van der Waals surface area contributed by atoms with Gasteiger partial charge in [0.15, 0.2) is 12.2 Å². The lowest BCUT2D eigenvalue weighted by molar-refractivity contribution is -0.161. The van der Waals surface area contributed by atoms with E-state index in [1.165, 1.54) is 167 Å². The lowest BCUT2D eigenvalue weighted by Gasteiger charge is -2.21. The summed E-state index contributed by atoms with van der Waals surface area (Å²) < 4.78 is 68.3.